The van der Waals surface area contributed by atoms with Crippen LogP contribution in [0.1, 0.15) is 23.2 Å². The molecule has 0 aliphatic rings. The van der Waals surface area contributed by atoms with Crippen LogP contribution in [0, 0.1) is 17.0 Å². The lowest BCUT2D eigenvalue weighted by atomic mass is 10.1. The summed E-state index contributed by atoms with van der Waals surface area (Å²) >= 11 is 0. The number of hydrogen-bond donors (Lipinski definition) is 0. The highest BCUT2D eigenvalue weighted by molar-refractivity contribution is 5.40. The molecule has 0 aliphatic carbocycles. The Labute approximate surface area is 91.2 Å². The standard InChI is InChI=1S/C8H5F5N2O2/c1-3-2-4(8(11,12)13)7(15(16)17)14-5(3)6(9)10/h2,6H,1H3. The van der Waals surface area contributed by atoms with E-state index in [4.69, 9.17) is 0 Å². The second-order valence-corrected chi connectivity index (χ2v) is 3.12. The second-order valence-electron chi connectivity index (χ2n) is 3.12. The Morgan fingerprint density at radius 1 is 1.41 bits per heavy atom. The Morgan fingerprint density at radius 2 is 1.94 bits per heavy atom. The number of aryl methyl sites for hydroxylation is 1. The fourth-order valence-electron chi connectivity index (χ4n) is 1.19. The van der Waals surface area contributed by atoms with E-state index in [-0.39, 0.29) is 0 Å². The maximum absolute atomic E-state index is 12.4. The molecule has 0 saturated heterocycles. The molecule has 9 heteroatoms. The fraction of sp³-hybridized carbons (Fsp3) is 0.375. The Morgan fingerprint density at radius 3 is 2.29 bits per heavy atom. The van der Waals surface area contributed by atoms with Crippen LogP contribution in [0.15, 0.2) is 6.07 Å². The van der Waals surface area contributed by atoms with Crippen molar-refractivity contribution in [1.29, 1.82) is 0 Å². The van der Waals surface area contributed by atoms with Gasteiger partial charge in [0, 0.05) is 5.56 Å². The van der Waals surface area contributed by atoms with Gasteiger partial charge in [-0.25, -0.2) is 8.78 Å². The van der Waals surface area contributed by atoms with Gasteiger partial charge in [-0.1, -0.05) is 0 Å². The summed E-state index contributed by atoms with van der Waals surface area (Å²) in [5, 5.41) is 10.4. The monoisotopic (exact) mass is 256 g/mol. The van der Waals surface area contributed by atoms with E-state index in [9.17, 15) is 32.1 Å². The Balaban J connectivity index is 3.53. The van der Waals surface area contributed by atoms with E-state index in [1.807, 2.05) is 0 Å². The first-order valence-electron chi connectivity index (χ1n) is 4.16. The van der Waals surface area contributed by atoms with Crippen LogP contribution in [0.3, 0.4) is 0 Å². The maximum atomic E-state index is 12.4. The molecule has 0 atom stereocenters. The highest BCUT2D eigenvalue weighted by atomic mass is 19.4. The number of halogens is 5. The van der Waals surface area contributed by atoms with Crippen molar-refractivity contribution in [3.05, 3.63) is 33.0 Å². The van der Waals surface area contributed by atoms with Gasteiger partial charge in [0.25, 0.3) is 0 Å². The van der Waals surface area contributed by atoms with Crippen molar-refractivity contribution in [2.45, 2.75) is 19.5 Å². The highest BCUT2D eigenvalue weighted by Gasteiger charge is 2.41. The predicted molar refractivity (Wildman–Crippen MR) is 45.6 cm³/mol. The minimum atomic E-state index is -5.01. The first-order chi connectivity index (χ1) is 7.64. The molecular formula is C8H5F5N2O2. The predicted octanol–water partition coefficient (Wildman–Crippen LogP) is 3.25. The number of rotatable bonds is 2. The average Bonchev–Trinajstić information content (AvgIpc) is 2.14. The number of alkyl halides is 5. The summed E-state index contributed by atoms with van der Waals surface area (Å²) in [6.45, 7) is 0.980. The van der Waals surface area contributed by atoms with Gasteiger partial charge in [0.05, 0.1) is 0 Å². The quantitative estimate of drug-likeness (QED) is 0.463. The molecule has 0 bridgehead atoms. The van der Waals surface area contributed by atoms with E-state index in [0.29, 0.717) is 6.07 Å². The molecular weight excluding hydrogens is 251 g/mol. The largest absolute Gasteiger partial charge is 0.424 e. The summed E-state index contributed by atoms with van der Waals surface area (Å²) in [5.74, 6) is -1.61. The number of aromatic nitrogens is 1. The van der Waals surface area contributed by atoms with Gasteiger partial charge in [-0.15, -0.1) is 0 Å². The molecule has 94 valence electrons. The van der Waals surface area contributed by atoms with Crippen molar-refractivity contribution >= 4 is 5.82 Å². The SMILES string of the molecule is Cc1cc(C(F)(F)F)c([N+](=O)[O-])nc1C(F)F. The first-order valence-corrected chi connectivity index (χ1v) is 4.16. The normalized spacial score (nSPS) is 11.9. The fourth-order valence-corrected chi connectivity index (χ4v) is 1.19. The molecule has 1 rings (SSSR count). The zero-order valence-corrected chi connectivity index (χ0v) is 8.26. The second kappa shape index (κ2) is 4.22. The van der Waals surface area contributed by atoms with Crippen LogP contribution in [0.25, 0.3) is 0 Å². The molecule has 0 N–H and O–H groups in total. The lowest BCUT2D eigenvalue weighted by Gasteiger charge is -2.09. The molecule has 17 heavy (non-hydrogen) atoms. The van der Waals surface area contributed by atoms with E-state index in [1.165, 1.54) is 0 Å². The maximum Gasteiger partial charge on any atom is 0.424 e. The molecule has 0 aliphatic heterocycles. The van der Waals surface area contributed by atoms with Crippen molar-refractivity contribution in [2.75, 3.05) is 0 Å². The molecule has 1 heterocycles. The van der Waals surface area contributed by atoms with E-state index in [1.54, 1.807) is 0 Å². The summed E-state index contributed by atoms with van der Waals surface area (Å²) in [6.07, 6.45) is -8.18. The lowest BCUT2D eigenvalue weighted by Crippen LogP contribution is -2.12. The summed E-state index contributed by atoms with van der Waals surface area (Å²) in [5.41, 5.74) is -3.10. The van der Waals surface area contributed by atoms with E-state index < -0.39 is 40.2 Å². The Kier molecular flexibility index (Phi) is 3.30. The molecule has 0 spiro atoms. The van der Waals surface area contributed by atoms with Crippen LogP contribution in [0.4, 0.5) is 27.8 Å². The van der Waals surface area contributed by atoms with Crippen molar-refractivity contribution in [3.63, 3.8) is 0 Å². The van der Waals surface area contributed by atoms with Gasteiger partial charge >= 0.3 is 18.4 Å². The molecule has 1 aromatic heterocycles. The minimum absolute atomic E-state index is 0.298. The molecule has 0 saturated carbocycles. The van der Waals surface area contributed by atoms with Crippen LogP contribution in [-0.4, -0.2) is 9.91 Å². The van der Waals surface area contributed by atoms with Gasteiger partial charge in [-0.2, -0.15) is 13.2 Å². The van der Waals surface area contributed by atoms with Crippen LogP contribution >= 0.6 is 0 Å². The molecule has 0 aromatic carbocycles. The lowest BCUT2D eigenvalue weighted by molar-refractivity contribution is -0.393. The number of nitrogens with zero attached hydrogens (tertiary/aromatic N) is 2. The summed E-state index contributed by atoms with van der Waals surface area (Å²) in [4.78, 5) is 11.7. The molecule has 0 fully saturated rings. The number of pyridine rings is 1. The zero-order chi connectivity index (χ0) is 13.4. The zero-order valence-electron chi connectivity index (χ0n) is 8.26. The van der Waals surface area contributed by atoms with E-state index in [2.05, 4.69) is 4.98 Å². The molecule has 0 unspecified atom stereocenters. The van der Waals surface area contributed by atoms with Crippen molar-refractivity contribution < 1.29 is 26.9 Å². The van der Waals surface area contributed by atoms with Crippen LogP contribution < -0.4 is 0 Å². The van der Waals surface area contributed by atoms with Crippen LogP contribution in [0.2, 0.25) is 0 Å². The molecule has 1 aromatic rings. The van der Waals surface area contributed by atoms with E-state index in [0.717, 1.165) is 6.92 Å². The first kappa shape index (κ1) is 13.3. The molecule has 0 amide bonds. The van der Waals surface area contributed by atoms with Gasteiger partial charge in [0.2, 0.25) is 5.69 Å². The average molecular weight is 256 g/mol. The van der Waals surface area contributed by atoms with Crippen molar-refractivity contribution in [1.82, 2.24) is 4.98 Å². The van der Waals surface area contributed by atoms with Crippen LogP contribution in [0.5, 0.6) is 0 Å². The molecule has 0 radical (unpaired) electrons. The van der Waals surface area contributed by atoms with Gasteiger partial charge < -0.3 is 10.1 Å². The van der Waals surface area contributed by atoms with Gasteiger partial charge in [-0.3, -0.25) is 0 Å². The number of nitro groups is 1. The van der Waals surface area contributed by atoms with Crippen molar-refractivity contribution in [3.8, 4) is 0 Å². The molecule has 4 nitrogen and oxygen atoms in total. The smallest absolute Gasteiger partial charge is 0.358 e. The van der Waals surface area contributed by atoms with Gasteiger partial charge in [0.15, 0.2) is 5.56 Å². The third kappa shape index (κ3) is 2.66. The Bertz CT molecular complexity index is 458. The highest BCUT2D eigenvalue weighted by Crippen LogP contribution is 2.37. The van der Waals surface area contributed by atoms with Crippen molar-refractivity contribution in [2.24, 2.45) is 0 Å². The topological polar surface area (TPSA) is 56.0 Å². The third-order valence-electron chi connectivity index (χ3n) is 1.92. The minimum Gasteiger partial charge on any atom is -0.358 e. The third-order valence-corrected chi connectivity index (χ3v) is 1.92. The van der Waals surface area contributed by atoms with Gasteiger partial charge in [0.1, 0.15) is 0 Å². The summed E-state index contributed by atoms with van der Waals surface area (Å²) in [6, 6.07) is 0.298. The van der Waals surface area contributed by atoms with E-state index >= 15 is 0 Å². The summed E-state index contributed by atoms with van der Waals surface area (Å²) in [7, 11) is 0. The van der Waals surface area contributed by atoms with Gasteiger partial charge in [-0.05, 0) is 22.9 Å². The summed E-state index contributed by atoms with van der Waals surface area (Å²) < 4.78 is 61.8. The Hall–Kier alpha value is -1.80. The van der Waals surface area contributed by atoms with Crippen LogP contribution in [-0.2, 0) is 6.18 Å². The number of hydrogen-bond acceptors (Lipinski definition) is 3.